The number of alkyl halides is 3. The second-order valence-corrected chi connectivity index (χ2v) is 12.6. The Morgan fingerprint density at radius 3 is 2.38 bits per heavy atom. The highest BCUT2D eigenvalue weighted by molar-refractivity contribution is 7.99. The first-order valence-electron chi connectivity index (χ1n) is 12.6. The van der Waals surface area contributed by atoms with Gasteiger partial charge in [-0.25, -0.2) is 17.8 Å². The van der Waals surface area contributed by atoms with E-state index in [-0.39, 0.29) is 28.1 Å². The van der Waals surface area contributed by atoms with E-state index in [1.54, 1.807) is 12.1 Å². The highest BCUT2D eigenvalue weighted by Crippen LogP contribution is 2.37. The molecule has 1 atom stereocenters. The summed E-state index contributed by atoms with van der Waals surface area (Å²) in [5.74, 6) is -2.39. The third kappa shape index (κ3) is 7.94. The fourth-order valence-corrected chi connectivity index (χ4v) is 6.43. The highest BCUT2D eigenvalue weighted by atomic mass is 32.2. The topological polar surface area (TPSA) is 101 Å². The van der Waals surface area contributed by atoms with Crippen molar-refractivity contribution in [1.82, 2.24) is 15.3 Å². The van der Waals surface area contributed by atoms with Crippen LogP contribution in [0.3, 0.4) is 0 Å². The van der Waals surface area contributed by atoms with Gasteiger partial charge in [0.15, 0.2) is 0 Å². The van der Waals surface area contributed by atoms with Crippen molar-refractivity contribution in [3.05, 3.63) is 83.1 Å². The Balaban J connectivity index is 1.60. The first kappa shape index (κ1) is 29.8. The molecule has 0 aliphatic heterocycles. The molecule has 214 valence electrons. The summed E-state index contributed by atoms with van der Waals surface area (Å²) in [6.45, 7) is -0.0865. The first-order chi connectivity index (χ1) is 18.9. The highest BCUT2D eigenvalue weighted by Gasteiger charge is 2.33. The van der Waals surface area contributed by atoms with Gasteiger partial charge in [-0.15, -0.1) is 11.8 Å². The number of amides is 1. The largest absolute Gasteiger partial charge is 0.433 e. The summed E-state index contributed by atoms with van der Waals surface area (Å²) in [5, 5.41) is 3.15. The molecule has 2 heterocycles. The van der Waals surface area contributed by atoms with Crippen molar-refractivity contribution in [2.24, 2.45) is 0 Å². The van der Waals surface area contributed by atoms with Crippen molar-refractivity contribution < 1.29 is 30.8 Å². The van der Waals surface area contributed by atoms with Crippen LogP contribution in [-0.2, 0) is 27.5 Å². The van der Waals surface area contributed by atoms with Gasteiger partial charge < -0.3 is 5.32 Å². The maximum Gasteiger partial charge on any atom is 0.433 e. The van der Waals surface area contributed by atoms with Gasteiger partial charge in [0.1, 0.15) is 16.5 Å². The predicted octanol–water partition coefficient (Wildman–Crippen LogP) is 5.88. The smallest absolute Gasteiger partial charge is 0.351 e. The summed E-state index contributed by atoms with van der Waals surface area (Å²) >= 11 is 1.31. The molecule has 3 aromatic rings. The molecule has 0 radical (unpaired) electrons. The SMILES string of the molecule is CS(=O)(=O)Nc1ccc(C(C(=O)NCc2ccc(C(F)(F)F)nc2SC2CCCCC2)c2ccncc2)cc1F. The minimum absolute atomic E-state index is 0.0865. The third-order valence-corrected chi connectivity index (χ3v) is 8.41. The Morgan fingerprint density at radius 2 is 1.75 bits per heavy atom. The van der Waals surface area contributed by atoms with E-state index in [9.17, 15) is 30.8 Å². The van der Waals surface area contributed by atoms with Gasteiger partial charge in [0.25, 0.3) is 0 Å². The number of hydrogen-bond acceptors (Lipinski definition) is 6. The normalized spacial score (nSPS) is 15.4. The molecule has 1 saturated carbocycles. The van der Waals surface area contributed by atoms with Gasteiger partial charge in [-0.3, -0.25) is 14.5 Å². The van der Waals surface area contributed by atoms with Crippen LogP contribution in [0, 0.1) is 5.82 Å². The van der Waals surface area contributed by atoms with E-state index in [2.05, 4.69) is 20.0 Å². The molecule has 1 aliphatic carbocycles. The van der Waals surface area contributed by atoms with Crippen molar-refractivity contribution in [2.45, 2.75) is 61.0 Å². The van der Waals surface area contributed by atoms with Crippen LogP contribution >= 0.6 is 11.8 Å². The van der Waals surface area contributed by atoms with Crippen molar-refractivity contribution >= 4 is 33.4 Å². The fourth-order valence-electron chi connectivity index (χ4n) is 4.53. The molecule has 0 saturated heterocycles. The molecule has 0 spiro atoms. The molecule has 4 rings (SSSR count). The lowest BCUT2D eigenvalue weighted by molar-refractivity contribution is -0.141. The van der Waals surface area contributed by atoms with Crippen LogP contribution in [0.15, 0.2) is 59.9 Å². The van der Waals surface area contributed by atoms with Crippen molar-refractivity contribution in [3.63, 3.8) is 0 Å². The molecule has 40 heavy (non-hydrogen) atoms. The minimum Gasteiger partial charge on any atom is -0.351 e. The van der Waals surface area contributed by atoms with Gasteiger partial charge in [-0.2, -0.15) is 13.2 Å². The maximum absolute atomic E-state index is 14.8. The zero-order chi connectivity index (χ0) is 28.9. The monoisotopic (exact) mass is 596 g/mol. The third-order valence-electron chi connectivity index (χ3n) is 6.44. The number of aromatic nitrogens is 2. The number of benzene rings is 1. The van der Waals surface area contributed by atoms with E-state index >= 15 is 0 Å². The van der Waals surface area contributed by atoms with Gasteiger partial charge in [-0.1, -0.05) is 31.4 Å². The molecule has 1 aromatic carbocycles. The minimum atomic E-state index is -4.60. The standard InChI is InChI=1S/C27H28F4N4O3S2/c1-40(37,38)35-22-9-7-18(15-21(22)28)24(17-11-13-32-14-12-17)25(36)33-16-19-8-10-23(27(29,30)31)34-26(19)39-20-5-3-2-4-6-20/h7-15,20,24,35H,2-6,16H2,1H3,(H,33,36). The summed E-state index contributed by atoms with van der Waals surface area (Å²) < 4.78 is 80.2. The second-order valence-electron chi connectivity index (χ2n) is 9.58. The van der Waals surface area contributed by atoms with E-state index < -0.39 is 39.5 Å². The van der Waals surface area contributed by atoms with E-state index in [4.69, 9.17) is 0 Å². The zero-order valence-corrected chi connectivity index (χ0v) is 23.2. The number of carbonyl (C=O) groups is 1. The Bertz CT molecular complexity index is 1450. The molecule has 2 aromatic heterocycles. The van der Waals surface area contributed by atoms with Crippen LogP contribution in [0.4, 0.5) is 23.2 Å². The first-order valence-corrected chi connectivity index (χ1v) is 15.4. The fraction of sp³-hybridized carbons (Fsp3) is 0.370. The maximum atomic E-state index is 14.8. The molecule has 1 amide bonds. The van der Waals surface area contributed by atoms with Crippen LogP contribution in [-0.4, -0.2) is 35.8 Å². The van der Waals surface area contributed by atoms with Crippen LogP contribution in [0.2, 0.25) is 0 Å². The van der Waals surface area contributed by atoms with E-state index in [0.29, 0.717) is 11.1 Å². The summed E-state index contributed by atoms with van der Waals surface area (Å²) in [5.41, 5.74) is -0.0564. The summed E-state index contributed by atoms with van der Waals surface area (Å²) in [6.07, 6.45) is 4.12. The van der Waals surface area contributed by atoms with E-state index in [1.165, 1.54) is 42.4 Å². The van der Waals surface area contributed by atoms with Crippen molar-refractivity contribution in [2.75, 3.05) is 11.0 Å². The number of carbonyl (C=O) groups excluding carboxylic acids is 1. The van der Waals surface area contributed by atoms with Gasteiger partial charge in [0.05, 0.1) is 17.9 Å². The summed E-state index contributed by atoms with van der Waals surface area (Å²) in [6, 6.07) is 9.15. The lowest BCUT2D eigenvalue weighted by Crippen LogP contribution is -2.30. The Hall–Kier alpha value is -3.19. The number of nitrogens with one attached hydrogen (secondary N) is 2. The van der Waals surface area contributed by atoms with Gasteiger partial charge in [-0.05, 0) is 54.3 Å². The lowest BCUT2D eigenvalue weighted by atomic mass is 9.90. The van der Waals surface area contributed by atoms with Crippen LogP contribution in [0.1, 0.15) is 60.4 Å². The average Bonchev–Trinajstić information content (AvgIpc) is 2.89. The molecule has 7 nitrogen and oxygen atoms in total. The molecule has 2 N–H and O–H groups in total. The number of anilines is 1. The summed E-state index contributed by atoms with van der Waals surface area (Å²) in [7, 11) is -3.72. The van der Waals surface area contributed by atoms with Crippen LogP contribution in [0.25, 0.3) is 0 Å². The molecular weight excluding hydrogens is 568 g/mol. The molecule has 1 aliphatic rings. The quantitative estimate of drug-likeness (QED) is 0.299. The lowest BCUT2D eigenvalue weighted by Gasteiger charge is -2.23. The Morgan fingerprint density at radius 1 is 1.05 bits per heavy atom. The van der Waals surface area contributed by atoms with Crippen LogP contribution in [0.5, 0.6) is 0 Å². The van der Waals surface area contributed by atoms with E-state index in [0.717, 1.165) is 50.5 Å². The summed E-state index contributed by atoms with van der Waals surface area (Å²) in [4.78, 5) is 21.4. The average molecular weight is 597 g/mol. The number of pyridine rings is 2. The van der Waals surface area contributed by atoms with Crippen molar-refractivity contribution in [3.8, 4) is 0 Å². The molecular formula is C27H28F4N4O3S2. The number of nitrogens with zero attached hydrogens (tertiary/aromatic N) is 2. The van der Waals surface area contributed by atoms with E-state index in [1.807, 2.05) is 0 Å². The van der Waals surface area contributed by atoms with Crippen LogP contribution < -0.4 is 10.0 Å². The molecule has 0 bridgehead atoms. The molecule has 1 fully saturated rings. The number of rotatable bonds is 9. The number of thioether (sulfide) groups is 1. The van der Waals surface area contributed by atoms with Gasteiger partial charge in [0.2, 0.25) is 15.9 Å². The Kier molecular flexibility index (Phi) is 9.34. The van der Waals surface area contributed by atoms with Gasteiger partial charge in [0, 0.05) is 29.8 Å². The number of halogens is 4. The predicted molar refractivity (Wildman–Crippen MR) is 145 cm³/mol. The van der Waals surface area contributed by atoms with Gasteiger partial charge >= 0.3 is 6.18 Å². The molecule has 13 heteroatoms. The number of hydrogen-bond donors (Lipinski definition) is 2. The molecule has 1 unspecified atom stereocenters. The second kappa shape index (κ2) is 12.5. The zero-order valence-electron chi connectivity index (χ0n) is 21.5. The number of sulfonamides is 1. The van der Waals surface area contributed by atoms with Crippen molar-refractivity contribution in [1.29, 1.82) is 0 Å². The Labute approximate surface area is 234 Å².